The van der Waals surface area contributed by atoms with Crippen molar-refractivity contribution in [3.8, 4) is 5.69 Å². The second kappa shape index (κ2) is 9.67. The van der Waals surface area contributed by atoms with Crippen LogP contribution >= 0.6 is 0 Å². The molecule has 1 fully saturated rings. The molecule has 1 atom stereocenters. The second-order valence-electron chi connectivity index (χ2n) is 7.37. The van der Waals surface area contributed by atoms with Crippen molar-refractivity contribution in [1.82, 2.24) is 19.6 Å². The summed E-state index contributed by atoms with van der Waals surface area (Å²) < 4.78 is 19.4. The number of esters is 1. The van der Waals surface area contributed by atoms with E-state index in [4.69, 9.17) is 14.2 Å². The van der Waals surface area contributed by atoms with Gasteiger partial charge in [-0.1, -0.05) is 24.3 Å². The Morgan fingerprint density at radius 1 is 1.26 bits per heavy atom. The van der Waals surface area contributed by atoms with Gasteiger partial charge in [0.2, 0.25) is 5.43 Å². The van der Waals surface area contributed by atoms with Crippen molar-refractivity contribution in [2.45, 2.75) is 18.9 Å². The van der Waals surface area contributed by atoms with Crippen molar-refractivity contribution in [3.63, 3.8) is 0 Å². The Morgan fingerprint density at radius 3 is 2.90 bits per heavy atom. The van der Waals surface area contributed by atoms with Gasteiger partial charge in [-0.05, 0) is 11.1 Å². The van der Waals surface area contributed by atoms with Crippen LogP contribution in [0.5, 0.6) is 0 Å². The molecule has 31 heavy (non-hydrogen) atoms. The zero-order chi connectivity index (χ0) is 21.6. The molecular weight excluding hydrogens is 400 g/mol. The maximum atomic E-state index is 12.3. The maximum absolute atomic E-state index is 12.3. The van der Waals surface area contributed by atoms with Crippen molar-refractivity contribution < 1.29 is 19.0 Å². The largest absolute Gasteiger partial charge is 0.463 e. The van der Waals surface area contributed by atoms with Crippen molar-refractivity contribution in [3.05, 3.63) is 76.0 Å². The molecule has 1 saturated heterocycles. The molecule has 9 heteroatoms. The van der Waals surface area contributed by atoms with Gasteiger partial charge >= 0.3 is 5.97 Å². The Hall–Kier alpha value is -3.30. The van der Waals surface area contributed by atoms with E-state index in [0.717, 1.165) is 16.8 Å². The summed E-state index contributed by atoms with van der Waals surface area (Å²) in [4.78, 5) is 24.5. The smallest absolute Gasteiger partial charge is 0.310 e. The highest BCUT2D eigenvalue weighted by atomic mass is 16.6. The Kier molecular flexibility index (Phi) is 6.54. The Labute approximate surface area is 179 Å². The van der Waals surface area contributed by atoms with Crippen LogP contribution in [-0.2, 0) is 38.9 Å². The molecule has 3 aromatic rings. The standard InChI is InChI=1S/C22H24N4O5/c1-25-13-18(12-23-25)26-6-5-21(27)20(24-26)10-16-3-2-4-17(9-16)11-22(28)31-15-19-14-29-7-8-30-19/h2-6,9,12-13,19H,7-8,10-11,14-15H2,1H3. The van der Waals surface area contributed by atoms with Gasteiger partial charge in [-0.15, -0.1) is 0 Å². The molecular formula is C22H24N4O5. The quantitative estimate of drug-likeness (QED) is 0.523. The van der Waals surface area contributed by atoms with Gasteiger partial charge in [0.05, 0.1) is 38.6 Å². The van der Waals surface area contributed by atoms with E-state index < -0.39 is 0 Å². The number of nitrogens with zero attached hydrogens (tertiary/aromatic N) is 4. The molecule has 0 saturated carbocycles. The fraction of sp³-hybridized carbons (Fsp3) is 0.364. The predicted molar refractivity (Wildman–Crippen MR) is 111 cm³/mol. The topological polar surface area (TPSA) is 97.5 Å². The predicted octanol–water partition coefficient (Wildman–Crippen LogP) is 1.06. The van der Waals surface area contributed by atoms with Crippen molar-refractivity contribution in [2.75, 3.05) is 26.4 Å². The minimum atomic E-state index is -0.330. The molecule has 0 spiro atoms. The Bertz CT molecular complexity index is 1100. The van der Waals surface area contributed by atoms with E-state index in [0.29, 0.717) is 31.9 Å². The first-order valence-electron chi connectivity index (χ1n) is 10.1. The second-order valence-corrected chi connectivity index (χ2v) is 7.37. The molecule has 162 valence electrons. The van der Waals surface area contributed by atoms with E-state index >= 15 is 0 Å². The first-order chi connectivity index (χ1) is 15.1. The SMILES string of the molecule is Cn1cc(-n2ccc(=O)c(Cc3cccc(CC(=O)OCC4COCCO4)c3)n2)cn1. The first kappa shape index (κ1) is 21.0. The van der Waals surface area contributed by atoms with E-state index in [1.54, 1.807) is 21.8 Å². The van der Waals surface area contributed by atoms with Gasteiger partial charge in [0.1, 0.15) is 24.1 Å². The van der Waals surface area contributed by atoms with Crippen molar-refractivity contribution in [1.29, 1.82) is 0 Å². The zero-order valence-electron chi connectivity index (χ0n) is 17.3. The van der Waals surface area contributed by atoms with Crippen LogP contribution in [0.1, 0.15) is 16.8 Å². The third kappa shape index (κ3) is 5.65. The lowest BCUT2D eigenvalue weighted by Crippen LogP contribution is -2.33. The molecule has 1 aliphatic rings. The minimum Gasteiger partial charge on any atom is -0.463 e. The molecule has 2 aromatic heterocycles. The maximum Gasteiger partial charge on any atom is 0.310 e. The summed E-state index contributed by atoms with van der Waals surface area (Å²) in [6, 6.07) is 9.01. The number of carbonyl (C=O) groups is 1. The molecule has 0 aliphatic carbocycles. The highest BCUT2D eigenvalue weighted by Gasteiger charge is 2.17. The Morgan fingerprint density at radius 2 is 2.13 bits per heavy atom. The lowest BCUT2D eigenvalue weighted by molar-refractivity contribution is -0.155. The van der Waals surface area contributed by atoms with E-state index in [1.165, 1.54) is 6.07 Å². The van der Waals surface area contributed by atoms with Crippen LogP contribution in [0.25, 0.3) is 5.69 Å². The number of rotatable bonds is 7. The molecule has 3 heterocycles. The number of aromatic nitrogens is 4. The van der Waals surface area contributed by atoms with Crippen LogP contribution in [-0.4, -0.2) is 58.1 Å². The molecule has 1 aromatic carbocycles. The molecule has 0 radical (unpaired) electrons. The van der Waals surface area contributed by atoms with E-state index in [2.05, 4.69) is 10.2 Å². The van der Waals surface area contributed by atoms with Gasteiger partial charge in [-0.2, -0.15) is 10.2 Å². The molecule has 9 nitrogen and oxygen atoms in total. The summed E-state index contributed by atoms with van der Waals surface area (Å²) in [6.07, 6.45) is 5.40. The van der Waals surface area contributed by atoms with Crippen LogP contribution in [0, 0.1) is 0 Å². The van der Waals surface area contributed by atoms with Gasteiger partial charge in [0.15, 0.2) is 0 Å². The monoisotopic (exact) mass is 424 g/mol. The van der Waals surface area contributed by atoms with Gasteiger partial charge in [0.25, 0.3) is 0 Å². The third-order valence-corrected chi connectivity index (χ3v) is 4.86. The number of ether oxygens (including phenoxy) is 3. The highest BCUT2D eigenvalue weighted by molar-refractivity contribution is 5.72. The highest BCUT2D eigenvalue weighted by Crippen LogP contribution is 2.11. The third-order valence-electron chi connectivity index (χ3n) is 4.86. The summed E-state index contributed by atoms with van der Waals surface area (Å²) in [5.74, 6) is -0.330. The normalized spacial score (nSPS) is 16.2. The average Bonchev–Trinajstić information content (AvgIpc) is 3.21. The summed E-state index contributed by atoms with van der Waals surface area (Å²) in [5, 5.41) is 8.59. The van der Waals surface area contributed by atoms with Crippen molar-refractivity contribution >= 4 is 5.97 Å². The number of hydrogen-bond acceptors (Lipinski definition) is 7. The van der Waals surface area contributed by atoms with Gasteiger partial charge in [-0.3, -0.25) is 14.3 Å². The van der Waals surface area contributed by atoms with Crippen LogP contribution < -0.4 is 5.43 Å². The summed E-state index contributed by atoms with van der Waals surface area (Å²) in [5.41, 5.74) is 2.75. The molecule has 0 N–H and O–H groups in total. The zero-order valence-corrected chi connectivity index (χ0v) is 17.3. The minimum absolute atomic E-state index is 0.139. The molecule has 4 rings (SSSR count). The lowest BCUT2D eigenvalue weighted by Gasteiger charge is -2.22. The van der Waals surface area contributed by atoms with Crippen LogP contribution in [0.15, 0.2) is 53.7 Å². The lowest BCUT2D eigenvalue weighted by atomic mass is 10.0. The van der Waals surface area contributed by atoms with Gasteiger partial charge in [-0.25, -0.2) is 4.68 Å². The number of hydrogen-bond donors (Lipinski definition) is 0. The van der Waals surface area contributed by atoms with Crippen molar-refractivity contribution in [2.24, 2.45) is 7.05 Å². The Balaban J connectivity index is 1.40. The molecule has 0 bridgehead atoms. The van der Waals surface area contributed by atoms with Gasteiger partial charge in [0, 0.05) is 25.7 Å². The number of aryl methyl sites for hydroxylation is 1. The van der Waals surface area contributed by atoms with E-state index in [1.807, 2.05) is 37.5 Å². The number of benzene rings is 1. The molecule has 1 unspecified atom stereocenters. The fourth-order valence-electron chi connectivity index (χ4n) is 3.32. The molecule has 0 amide bonds. The summed E-state index contributed by atoms with van der Waals surface area (Å²) in [7, 11) is 1.82. The van der Waals surface area contributed by atoms with Gasteiger partial charge < -0.3 is 14.2 Å². The first-order valence-corrected chi connectivity index (χ1v) is 10.1. The average molecular weight is 424 g/mol. The molecule has 1 aliphatic heterocycles. The van der Waals surface area contributed by atoms with Crippen LogP contribution in [0.2, 0.25) is 0 Å². The summed E-state index contributed by atoms with van der Waals surface area (Å²) >= 11 is 0. The fourth-order valence-corrected chi connectivity index (χ4v) is 3.32. The van der Waals surface area contributed by atoms with E-state index in [-0.39, 0.29) is 30.5 Å². The summed E-state index contributed by atoms with van der Waals surface area (Å²) in [6.45, 7) is 1.70. The van der Waals surface area contributed by atoms with Crippen LogP contribution in [0.3, 0.4) is 0 Å². The van der Waals surface area contributed by atoms with E-state index in [9.17, 15) is 9.59 Å². The van der Waals surface area contributed by atoms with Crippen LogP contribution in [0.4, 0.5) is 0 Å². The number of carbonyl (C=O) groups excluding carboxylic acids is 1.